The van der Waals surface area contributed by atoms with Crippen molar-refractivity contribution in [2.75, 3.05) is 18.5 Å². The van der Waals surface area contributed by atoms with Crippen molar-refractivity contribution in [1.82, 2.24) is 10.2 Å². The van der Waals surface area contributed by atoms with Crippen LogP contribution < -0.4 is 14.8 Å². The molecule has 0 saturated carbocycles. The van der Waals surface area contributed by atoms with E-state index in [0.29, 0.717) is 35.5 Å². The number of nitrogens with one attached hydrogen (secondary N) is 1. The van der Waals surface area contributed by atoms with Crippen LogP contribution in [0.25, 0.3) is 0 Å². The first kappa shape index (κ1) is 23.1. The van der Waals surface area contributed by atoms with E-state index in [1.54, 1.807) is 0 Å². The average Bonchev–Trinajstić information content (AvgIpc) is 2.75. The first-order valence-electron chi connectivity index (χ1n) is 10.5. The topological polar surface area (TPSA) is 56.3 Å². The molecule has 1 aromatic carbocycles. The molecule has 5 nitrogen and oxygen atoms in total. The smallest absolute Gasteiger partial charge is 0.153 e. The number of hydrogen-bond donors (Lipinski definition) is 1. The lowest BCUT2D eigenvalue weighted by Crippen LogP contribution is -2.22. The molecule has 29 heavy (non-hydrogen) atoms. The van der Waals surface area contributed by atoms with Crippen molar-refractivity contribution in [3.05, 3.63) is 41.6 Å². The normalized spacial score (nSPS) is 11.2. The van der Waals surface area contributed by atoms with Crippen molar-refractivity contribution >= 4 is 23.0 Å². The summed E-state index contributed by atoms with van der Waals surface area (Å²) in [5, 5.41) is 12.0. The number of rotatable bonds is 11. The van der Waals surface area contributed by atoms with Crippen LogP contribution in [-0.4, -0.2) is 28.4 Å². The van der Waals surface area contributed by atoms with Crippen LogP contribution in [0.3, 0.4) is 0 Å². The van der Waals surface area contributed by atoms with Gasteiger partial charge in [0.25, 0.3) is 0 Å². The molecule has 1 N–H and O–H groups in total. The van der Waals surface area contributed by atoms with E-state index in [4.69, 9.17) is 21.7 Å². The Labute approximate surface area is 180 Å². The molecule has 6 heteroatoms. The van der Waals surface area contributed by atoms with Gasteiger partial charge < -0.3 is 14.8 Å². The van der Waals surface area contributed by atoms with Gasteiger partial charge in [0, 0.05) is 5.41 Å². The molecule has 0 radical (unpaired) electrons. The number of hydrogen-bond acceptors (Lipinski definition) is 5. The minimum Gasteiger partial charge on any atom is -0.493 e. The van der Waals surface area contributed by atoms with Gasteiger partial charge in [-0.2, -0.15) is 5.10 Å². The highest BCUT2D eigenvalue weighted by atomic mass is 32.1. The highest BCUT2D eigenvalue weighted by Crippen LogP contribution is 2.31. The van der Waals surface area contributed by atoms with Crippen LogP contribution in [0, 0.1) is 0 Å². The van der Waals surface area contributed by atoms with Gasteiger partial charge in [-0.25, -0.2) is 0 Å². The van der Waals surface area contributed by atoms with E-state index < -0.39 is 0 Å². The van der Waals surface area contributed by atoms with E-state index in [1.807, 2.05) is 30.3 Å². The molecule has 158 valence electrons. The lowest BCUT2D eigenvalue weighted by molar-refractivity contribution is 0.300. The predicted molar refractivity (Wildman–Crippen MR) is 123 cm³/mol. The molecule has 0 saturated heterocycles. The molecule has 0 aliphatic rings. The predicted octanol–water partition coefficient (Wildman–Crippen LogP) is 5.92. The molecule has 0 bridgehead atoms. The summed E-state index contributed by atoms with van der Waals surface area (Å²) in [5.41, 5.74) is 1.79. The highest BCUT2D eigenvalue weighted by molar-refractivity contribution is 7.81. The van der Waals surface area contributed by atoms with Crippen LogP contribution >= 0.6 is 12.2 Å². The molecule has 2 rings (SSSR count). The van der Waals surface area contributed by atoms with Crippen LogP contribution in [0.15, 0.2) is 30.3 Å². The number of anilines is 1. The van der Waals surface area contributed by atoms with E-state index in [-0.39, 0.29) is 5.41 Å². The highest BCUT2D eigenvalue weighted by Gasteiger charge is 2.24. The largest absolute Gasteiger partial charge is 0.493 e. The summed E-state index contributed by atoms with van der Waals surface area (Å²) in [5.74, 6) is 2.04. The van der Waals surface area contributed by atoms with Crippen molar-refractivity contribution in [3.63, 3.8) is 0 Å². The van der Waals surface area contributed by atoms with Gasteiger partial charge >= 0.3 is 0 Å². The Bertz CT molecular complexity index is 763. The van der Waals surface area contributed by atoms with E-state index in [0.717, 1.165) is 36.9 Å². The lowest BCUT2D eigenvalue weighted by Gasteiger charge is -2.25. The van der Waals surface area contributed by atoms with Gasteiger partial charge in [-0.1, -0.05) is 52.9 Å². The molecule has 2 aromatic rings. The van der Waals surface area contributed by atoms with E-state index in [2.05, 4.69) is 50.1 Å². The van der Waals surface area contributed by atoms with Gasteiger partial charge in [0.2, 0.25) is 0 Å². The van der Waals surface area contributed by atoms with Gasteiger partial charge in [-0.15, -0.1) is 5.10 Å². The summed E-state index contributed by atoms with van der Waals surface area (Å²) < 4.78 is 11.8. The second kappa shape index (κ2) is 11.1. The summed E-state index contributed by atoms with van der Waals surface area (Å²) in [6.07, 6.45) is 3.87. The zero-order valence-electron chi connectivity index (χ0n) is 18.2. The third-order valence-electron chi connectivity index (χ3n) is 5.22. The second-order valence-electron chi connectivity index (χ2n) is 7.35. The number of aromatic nitrogens is 2. The number of thiocarbonyl (C=S) groups is 1. The monoisotopic (exact) mass is 415 g/mol. The average molecular weight is 416 g/mol. The van der Waals surface area contributed by atoms with Crippen molar-refractivity contribution in [3.8, 4) is 11.5 Å². The van der Waals surface area contributed by atoms with Crippen LogP contribution in [0.2, 0.25) is 0 Å². The summed E-state index contributed by atoms with van der Waals surface area (Å²) >= 11 is 5.69. The van der Waals surface area contributed by atoms with Crippen molar-refractivity contribution < 1.29 is 9.47 Å². The van der Waals surface area contributed by atoms with Crippen molar-refractivity contribution in [1.29, 1.82) is 0 Å². The minimum absolute atomic E-state index is 0.0355. The zero-order chi connectivity index (χ0) is 21.3. The maximum Gasteiger partial charge on any atom is 0.153 e. The summed E-state index contributed by atoms with van der Waals surface area (Å²) in [4.78, 5) is 0.513. The number of nitrogens with zero attached hydrogens (tertiary/aromatic N) is 2. The molecule has 0 spiro atoms. The standard InChI is InChI=1S/C23H33N3O2S/c1-6-15-27-17-11-10-12-18(28-16-7-2)21(17)22(29)24-20-14-13-19(25-26-20)23(5,8-3)9-4/h10-14H,6-9,15-16H2,1-5H3,(H,24,26,29). The van der Waals surface area contributed by atoms with Gasteiger partial charge in [0.1, 0.15) is 16.5 Å². The lowest BCUT2D eigenvalue weighted by atomic mass is 9.81. The fraction of sp³-hybridized carbons (Fsp3) is 0.522. The van der Waals surface area contributed by atoms with Crippen molar-refractivity contribution in [2.24, 2.45) is 0 Å². The Hall–Kier alpha value is -2.21. The van der Waals surface area contributed by atoms with Crippen LogP contribution in [-0.2, 0) is 5.41 Å². The first-order valence-corrected chi connectivity index (χ1v) is 10.9. The number of ether oxygens (including phenoxy) is 2. The number of benzene rings is 1. The summed E-state index contributed by atoms with van der Waals surface area (Å²) in [6, 6.07) is 9.72. The van der Waals surface area contributed by atoms with E-state index in [1.165, 1.54) is 0 Å². The fourth-order valence-corrected chi connectivity index (χ4v) is 3.22. The van der Waals surface area contributed by atoms with Gasteiger partial charge in [-0.05, 0) is 49.9 Å². The maximum absolute atomic E-state index is 5.92. The Morgan fingerprint density at radius 2 is 1.52 bits per heavy atom. The molecule has 0 fully saturated rings. The molecule has 0 amide bonds. The molecule has 0 atom stereocenters. The maximum atomic E-state index is 5.92. The summed E-state index contributed by atoms with van der Waals surface area (Å²) in [6.45, 7) is 12.0. The van der Waals surface area contributed by atoms with Crippen LogP contribution in [0.4, 0.5) is 5.82 Å². The van der Waals surface area contributed by atoms with E-state index in [9.17, 15) is 0 Å². The van der Waals surface area contributed by atoms with Crippen LogP contribution in [0.5, 0.6) is 11.5 Å². The fourth-order valence-electron chi connectivity index (χ4n) is 2.91. The van der Waals surface area contributed by atoms with Gasteiger partial charge in [0.15, 0.2) is 5.82 Å². The second-order valence-corrected chi connectivity index (χ2v) is 7.76. The molecular formula is C23H33N3O2S. The molecular weight excluding hydrogens is 382 g/mol. The minimum atomic E-state index is 0.0355. The quantitative estimate of drug-likeness (QED) is 0.460. The van der Waals surface area contributed by atoms with Crippen molar-refractivity contribution in [2.45, 2.75) is 65.7 Å². The molecule has 0 unspecified atom stereocenters. The van der Waals surface area contributed by atoms with E-state index >= 15 is 0 Å². The Balaban J connectivity index is 2.27. The van der Waals surface area contributed by atoms with Gasteiger partial charge in [0.05, 0.1) is 24.5 Å². The molecule has 0 aliphatic heterocycles. The van der Waals surface area contributed by atoms with Gasteiger partial charge in [-0.3, -0.25) is 0 Å². The third kappa shape index (κ3) is 5.89. The molecule has 1 heterocycles. The Kier molecular flexibility index (Phi) is 8.83. The third-order valence-corrected chi connectivity index (χ3v) is 5.53. The molecule has 0 aliphatic carbocycles. The Morgan fingerprint density at radius 1 is 0.931 bits per heavy atom. The summed E-state index contributed by atoms with van der Waals surface area (Å²) in [7, 11) is 0. The van der Waals surface area contributed by atoms with Crippen LogP contribution in [0.1, 0.15) is 71.6 Å². The SMILES string of the molecule is CCCOc1cccc(OCCC)c1C(=S)Nc1ccc(C(C)(CC)CC)nn1. The Morgan fingerprint density at radius 3 is 1.97 bits per heavy atom. The molecule has 1 aromatic heterocycles. The first-order chi connectivity index (χ1) is 14.0. The zero-order valence-corrected chi connectivity index (χ0v) is 19.1.